The molecule has 2 aliphatic rings. The van der Waals surface area contributed by atoms with Crippen LogP contribution in [0.1, 0.15) is 45.6 Å². The van der Waals surface area contributed by atoms with Crippen molar-refractivity contribution in [3.05, 3.63) is 29.1 Å². The van der Waals surface area contributed by atoms with Gasteiger partial charge in [-0.25, -0.2) is 9.78 Å². The van der Waals surface area contributed by atoms with Crippen LogP contribution >= 0.6 is 11.3 Å². The minimum Gasteiger partial charge on any atom is -0.444 e. The first-order valence-corrected chi connectivity index (χ1v) is 11.7. The van der Waals surface area contributed by atoms with Gasteiger partial charge < -0.3 is 20.3 Å². The van der Waals surface area contributed by atoms with E-state index in [1.54, 1.807) is 4.90 Å². The Morgan fingerprint density at radius 1 is 1.28 bits per heavy atom. The van der Waals surface area contributed by atoms with E-state index in [0.717, 1.165) is 35.3 Å². The van der Waals surface area contributed by atoms with E-state index < -0.39 is 5.60 Å². The highest BCUT2D eigenvalue weighted by Crippen LogP contribution is 2.31. The quantitative estimate of drug-likeness (QED) is 0.718. The number of likely N-dealkylation sites (tertiary alicyclic amines) is 1. The minimum absolute atomic E-state index is 0.0388. The first-order valence-electron chi connectivity index (χ1n) is 10.9. The van der Waals surface area contributed by atoms with Crippen LogP contribution in [0.3, 0.4) is 0 Å². The summed E-state index contributed by atoms with van der Waals surface area (Å²) >= 11 is 1.37. The highest BCUT2D eigenvalue weighted by Gasteiger charge is 2.31. The molecule has 2 aromatic rings. The van der Waals surface area contributed by atoms with E-state index in [0.29, 0.717) is 31.1 Å². The molecule has 0 bridgehead atoms. The van der Waals surface area contributed by atoms with Crippen LogP contribution in [0.5, 0.6) is 0 Å². The average molecular weight is 457 g/mol. The Kier molecular flexibility index (Phi) is 6.19. The van der Waals surface area contributed by atoms with Crippen LogP contribution in [-0.2, 0) is 20.7 Å². The lowest BCUT2D eigenvalue weighted by Crippen LogP contribution is -2.45. The van der Waals surface area contributed by atoms with Gasteiger partial charge in [-0.05, 0) is 57.7 Å². The average Bonchev–Trinajstić information content (AvgIpc) is 3.20. The van der Waals surface area contributed by atoms with E-state index >= 15 is 0 Å². The number of hydrogen-bond donors (Lipinski definition) is 2. The maximum atomic E-state index is 12.8. The zero-order valence-corrected chi connectivity index (χ0v) is 19.4. The fourth-order valence-corrected chi connectivity index (χ4v) is 4.62. The predicted molar refractivity (Wildman–Crippen MR) is 124 cm³/mol. The Bertz CT molecular complexity index is 1040. The van der Waals surface area contributed by atoms with Crippen LogP contribution in [0.4, 0.5) is 15.6 Å². The molecule has 0 radical (unpaired) electrons. The fourth-order valence-electron chi connectivity index (χ4n) is 3.90. The molecule has 1 fully saturated rings. The minimum atomic E-state index is -0.564. The van der Waals surface area contributed by atoms with E-state index in [2.05, 4.69) is 15.6 Å². The molecule has 170 valence electrons. The van der Waals surface area contributed by atoms with Gasteiger partial charge in [0.2, 0.25) is 11.8 Å². The highest BCUT2D eigenvalue weighted by molar-refractivity contribution is 7.14. The Morgan fingerprint density at radius 2 is 2.09 bits per heavy atom. The third kappa shape index (κ3) is 5.27. The SMILES string of the molecule is CC(C)(C)OC(=O)N1CCCC(C(=O)Nc2nc(-c3ccc4c(c3)CCC(=O)N4)cs2)C1. The molecule has 9 heteroatoms. The number of piperidine rings is 1. The third-order valence-electron chi connectivity index (χ3n) is 5.47. The first-order chi connectivity index (χ1) is 15.2. The van der Waals surface area contributed by atoms with Gasteiger partial charge >= 0.3 is 6.09 Å². The number of anilines is 2. The topological polar surface area (TPSA) is 101 Å². The van der Waals surface area contributed by atoms with E-state index in [-0.39, 0.29) is 23.8 Å². The maximum Gasteiger partial charge on any atom is 0.410 e. The second kappa shape index (κ2) is 8.90. The molecule has 0 spiro atoms. The van der Waals surface area contributed by atoms with Gasteiger partial charge in [0.25, 0.3) is 0 Å². The molecule has 3 heterocycles. The van der Waals surface area contributed by atoms with Gasteiger partial charge in [-0.2, -0.15) is 0 Å². The number of ether oxygens (including phenoxy) is 1. The van der Waals surface area contributed by atoms with Gasteiger partial charge in [-0.3, -0.25) is 9.59 Å². The second-order valence-electron chi connectivity index (χ2n) is 9.21. The molecule has 1 aromatic carbocycles. The van der Waals surface area contributed by atoms with Crippen LogP contribution in [-0.4, -0.2) is 46.5 Å². The number of nitrogens with one attached hydrogen (secondary N) is 2. The number of rotatable bonds is 3. The number of amides is 3. The molecule has 4 rings (SSSR count). The summed E-state index contributed by atoms with van der Waals surface area (Å²) < 4.78 is 5.44. The van der Waals surface area contributed by atoms with Crippen LogP contribution < -0.4 is 10.6 Å². The number of aromatic nitrogens is 1. The summed E-state index contributed by atoms with van der Waals surface area (Å²) in [5.74, 6) is -0.389. The molecule has 2 N–H and O–H groups in total. The van der Waals surface area contributed by atoms with Crippen molar-refractivity contribution in [3.63, 3.8) is 0 Å². The van der Waals surface area contributed by atoms with Gasteiger partial charge in [0.15, 0.2) is 5.13 Å². The first kappa shape index (κ1) is 22.3. The number of carbonyl (C=O) groups excluding carboxylic acids is 3. The summed E-state index contributed by atoms with van der Waals surface area (Å²) in [5, 5.41) is 8.23. The molecule has 8 nitrogen and oxygen atoms in total. The second-order valence-corrected chi connectivity index (χ2v) is 10.1. The van der Waals surface area contributed by atoms with Crippen molar-refractivity contribution in [1.82, 2.24) is 9.88 Å². The normalized spacial score (nSPS) is 18.5. The molecule has 1 aromatic heterocycles. The van der Waals surface area contributed by atoms with E-state index in [9.17, 15) is 14.4 Å². The molecular formula is C23H28N4O4S. The van der Waals surface area contributed by atoms with Crippen molar-refractivity contribution in [1.29, 1.82) is 0 Å². The number of aryl methyl sites for hydroxylation is 1. The van der Waals surface area contributed by atoms with Gasteiger partial charge in [0.05, 0.1) is 11.6 Å². The zero-order chi connectivity index (χ0) is 22.9. The molecular weight excluding hydrogens is 428 g/mol. The Hall–Kier alpha value is -2.94. The summed E-state index contributed by atoms with van der Waals surface area (Å²) in [7, 11) is 0. The zero-order valence-electron chi connectivity index (χ0n) is 18.6. The van der Waals surface area contributed by atoms with Crippen LogP contribution in [0.15, 0.2) is 23.6 Å². The lowest BCUT2D eigenvalue weighted by atomic mass is 9.97. The molecule has 0 saturated carbocycles. The summed E-state index contributed by atoms with van der Waals surface area (Å²) in [6.45, 7) is 6.43. The summed E-state index contributed by atoms with van der Waals surface area (Å²) in [4.78, 5) is 42.9. The number of fused-ring (bicyclic) bond motifs is 1. The van der Waals surface area contributed by atoms with Gasteiger partial charge in [0, 0.05) is 36.1 Å². The number of thiazole rings is 1. The monoisotopic (exact) mass is 456 g/mol. The van der Waals surface area contributed by atoms with E-state index in [1.807, 2.05) is 44.4 Å². The van der Waals surface area contributed by atoms with Crippen LogP contribution in [0.2, 0.25) is 0 Å². The van der Waals surface area contributed by atoms with Gasteiger partial charge in [-0.1, -0.05) is 6.07 Å². The Balaban J connectivity index is 1.38. The molecule has 3 amide bonds. The van der Waals surface area contributed by atoms with Crippen molar-refractivity contribution in [2.24, 2.45) is 5.92 Å². The fraction of sp³-hybridized carbons (Fsp3) is 0.478. The van der Waals surface area contributed by atoms with Crippen LogP contribution in [0.25, 0.3) is 11.3 Å². The number of nitrogens with zero attached hydrogens (tertiary/aromatic N) is 2. The standard InChI is InChI=1S/C23H28N4O4S/c1-23(2,3)31-22(30)27-10-4-5-16(12-27)20(29)26-21-25-18(13-32-21)15-6-8-17-14(11-15)7-9-19(28)24-17/h6,8,11,13,16H,4-5,7,9-10,12H2,1-3H3,(H,24,28)(H,25,26,29). The molecule has 1 saturated heterocycles. The van der Waals surface area contributed by atoms with Gasteiger partial charge in [-0.15, -0.1) is 11.3 Å². The van der Waals surface area contributed by atoms with Gasteiger partial charge in [0.1, 0.15) is 5.60 Å². The molecule has 2 aliphatic heterocycles. The predicted octanol–water partition coefficient (Wildman–Crippen LogP) is 4.28. The Labute approximate surface area is 191 Å². The van der Waals surface area contributed by atoms with Crippen molar-refractivity contribution >= 4 is 40.1 Å². The van der Waals surface area contributed by atoms with Crippen molar-refractivity contribution in [3.8, 4) is 11.3 Å². The third-order valence-corrected chi connectivity index (χ3v) is 6.23. The number of benzene rings is 1. The largest absolute Gasteiger partial charge is 0.444 e. The lowest BCUT2D eigenvalue weighted by Gasteiger charge is -2.33. The van der Waals surface area contributed by atoms with E-state index in [4.69, 9.17) is 4.74 Å². The summed E-state index contributed by atoms with van der Waals surface area (Å²) in [5.41, 5.74) is 3.10. The number of hydrogen-bond acceptors (Lipinski definition) is 6. The highest BCUT2D eigenvalue weighted by atomic mass is 32.1. The lowest BCUT2D eigenvalue weighted by molar-refractivity contribution is -0.121. The molecule has 1 unspecified atom stereocenters. The van der Waals surface area contributed by atoms with E-state index in [1.165, 1.54) is 11.3 Å². The van der Waals surface area contributed by atoms with Crippen molar-refractivity contribution in [2.75, 3.05) is 23.7 Å². The Morgan fingerprint density at radius 3 is 2.88 bits per heavy atom. The van der Waals surface area contributed by atoms with Crippen molar-refractivity contribution < 1.29 is 19.1 Å². The van der Waals surface area contributed by atoms with Crippen molar-refractivity contribution in [2.45, 2.75) is 52.1 Å². The molecule has 32 heavy (non-hydrogen) atoms. The smallest absolute Gasteiger partial charge is 0.410 e. The number of carbonyl (C=O) groups is 3. The summed E-state index contributed by atoms with van der Waals surface area (Å²) in [6.07, 6.45) is 2.29. The molecule has 0 aliphatic carbocycles. The maximum absolute atomic E-state index is 12.8. The van der Waals surface area contributed by atoms with Crippen LogP contribution in [0, 0.1) is 5.92 Å². The molecule has 1 atom stereocenters. The summed E-state index contributed by atoms with van der Waals surface area (Å²) in [6, 6.07) is 5.85.